The molecule has 116 valence electrons. The standard InChI is InChI=1S/C18H22O3P/c1-18(2,3)15-11-8-12-16(17(15)21-13-20-4)22(19)14-9-6-5-7-10-14/h5-12H,13H2,1-4H3/q+1. The molecular weight excluding hydrogens is 295 g/mol. The summed E-state index contributed by atoms with van der Waals surface area (Å²) in [4.78, 5) is 0. The van der Waals surface area contributed by atoms with E-state index in [1.807, 2.05) is 48.5 Å². The van der Waals surface area contributed by atoms with Crippen molar-refractivity contribution in [3.05, 3.63) is 54.1 Å². The van der Waals surface area contributed by atoms with E-state index in [1.165, 1.54) is 0 Å². The molecule has 0 saturated heterocycles. The maximum absolute atomic E-state index is 12.9. The molecule has 0 aliphatic carbocycles. The predicted octanol–water partition coefficient (Wildman–Crippen LogP) is 3.75. The van der Waals surface area contributed by atoms with Crippen molar-refractivity contribution in [3.8, 4) is 5.75 Å². The highest BCUT2D eigenvalue weighted by Crippen LogP contribution is 2.35. The Morgan fingerprint density at radius 2 is 1.68 bits per heavy atom. The van der Waals surface area contributed by atoms with Crippen molar-refractivity contribution in [1.29, 1.82) is 0 Å². The molecule has 0 N–H and O–H groups in total. The van der Waals surface area contributed by atoms with E-state index in [1.54, 1.807) is 7.11 Å². The second-order valence-electron chi connectivity index (χ2n) is 6.08. The summed E-state index contributed by atoms with van der Waals surface area (Å²) in [6, 6.07) is 15.3. The summed E-state index contributed by atoms with van der Waals surface area (Å²) in [5.41, 5.74) is 0.924. The Morgan fingerprint density at radius 3 is 2.27 bits per heavy atom. The van der Waals surface area contributed by atoms with Crippen molar-refractivity contribution in [3.63, 3.8) is 0 Å². The average Bonchev–Trinajstić information content (AvgIpc) is 2.51. The average molecular weight is 317 g/mol. The molecular formula is C18H22O3P+. The minimum absolute atomic E-state index is 0.105. The second-order valence-corrected chi connectivity index (χ2v) is 7.67. The molecule has 1 atom stereocenters. The monoisotopic (exact) mass is 317 g/mol. The number of benzene rings is 2. The minimum atomic E-state index is -1.70. The van der Waals surface area contributed by atoms with Crippen molar-refractivity contribution >= 4 is 18.4 Å². The normalized spacial score (nSPS) is 12.1. The lowest BCUT2D eigenvalue weighted by Gasteiger charge is -2.22. The molecule has 3 nitrogen and oxygen atoms in total. The van der Waals surface area contributed by atoms with Crippen LogP contribution in [0.2, 0.25) is 0 Å². The van der Waals surface area contributed by atoms with Gasteiger partial charge in [0.2, 0.25) is 5.30 Å². The van der Waals surface area contributed by atoms with Gasteiger partial charge in [-0.05, 0) is 23.6 Å². The van der Waals surface area contributed by atoms with E-state index in [2.05, 4.69) is 20.8 Å². The third-order valence-corrected chi connectivity index (χ3v) is 4.89. The van der Waals surface area contributed by atoms with Gasteiger partial charge in [-0.25, -0.2) is 0 Å². The van der Waals surface area contributed by atoms with Crippen molar-refractivity contribution in [2.45, 2.75) is 26.2 Å². The van der Waals surface area contributed by atoms with Gasteiger partial charge in [0.1, 0.15) is 0 Å². The molecule has 0 aliphatic rings. The molecule has 0 aromatic heterocycles. The van der Waals surface area contributed by atoms with Crippen LogP contribution < -0.4 is 15.3 Å². The SMILES string of the molecule is COCOc1c([P+](=O)c2ccccc2)cccc1C(C)(C)C. The number of rotatable bonds is 5. The zero-order valence-electron chi connectivity index (χ0n) is 13.5. The Hall–Kier alpha value is -1.70. The summed E-state index contributed by atoms with van der Waals surface area (Å²) in [7, 11) is -0.122. The van der Waals surface area contributed by atoms with Gasteiger partial charge in [-0.3, -0.25) is 0 Å². The van der Waals surface area contributed by atoms with E-state index >= 15 is 0 Å². The largest absolute Gasteiger partial charge is 0.462 e. The molecule has 22 heavy (non-hydrogen) atoms. The van der Waals surface area contributed by atoms with Gasteiger partial charge < -0.3 is 9.47 Å². The van der Waals surface area contributed by atoms with Crippen LogP contribution in [-0.2, 0) is 14.7 Å². The van der Waals surface area contributed by atoms with Crippen LogP contribution in [0, 0.1) is 0 Å². The zero-order chi connectivity index (χ0) is 16.2. The first-order valence-electron chi connectivity index (χ1n) is 7.22. The molecule has 4 heteroatoms. The zero-order valence-corrected chi connectivity index (χ0v) is 14.4. The summed E-state index contributed by atoms with van der Waals surface area (Å²) in [6.45, 7) is 6.47. The molecule has 0 amide bonds. The molecule has 0 saturated carbocycles. The fraction of sp³-hybridized carbons (Fsp3) is 0.333. The van der Waals surface area contributed by atoms with Gasteiger partial charge in [-0.1, -0.05) is 55.7 Å². The topological polar surface area (TPSA) is 35.5 Å². The third-order valence-electron chi connectivity index (χ3n) is 3.33. The summed E-state index contributed by atoms with van der Waals surface area (Å²) in [6.07, 6.45) is 0. The molecule has 0 aliphatic heterocycles. The van der Waals surface area contributed by atoms with Crippen LogP contribution in [0.4, 0.5) is 0 Å². The number of hydrogen-bond donors (Lipinski definition) is 0. The lowest BCUT2D eigenvalue weighted by Crippen LogP contribution is -2.20. The van der Waals surface area contributed by atoms with Gasteiger partial charge in [0.15, 0.2) is 17.8 Å². The van der Waals surface area contributed by atoms with E-state index < -0.39 is 7.80 Å². The van der Waals surface area contributed by atoms with Gasteiger partial charge in [0, 0.05) is 12.7 Å². The van der Waals surface area contributed by atoms with E-state index in [-0.39, 0.29) is 12.2 Å². The van der Waals surface area contributed by atoms with E-state index in [0.717, 1.165) is 10.9 Å². The third kappa shape index (κ3) is 3.73. The first kappa shape index (κ1) is 16.7. The number of hydrogen-bond acceptors (Lipinski definition) is 3. The highest BCUT2D eigenvalue weighted by Gasteiger charge is 2.32. The highest BCUT2D eigenvalue weighted by atomic mass is 31.1. The molecule has 2 aromatic rings. The van der Waals surface area contributed by atoms with Crippen molar-refractivity contribution < 1.29 is 14.0 Å². The molecule has 0 heterocycles. The van der Waals surface area contributed by atoms with Crippen LogP contribution in [0.3, 0.4) is 0 Å². The van der Waals surface area contributed by atoms with Gasteiger partial charge in [-0.2, -0.15) is 0 Å². The fourth-order valence-corrected chi connectivity index (χ4v) is 3.56. The van der Waals surface area contributed by atoms with Crippen LogP contribution in [0.5, 0.6) is 5.75 Å². The van der Waals surface area contributed by atoms with E-state index in [0.29, 0.717) is 11.1 Å². The highest BCUT2D eigenvalue weighted by molar-refractivity contribution is 7.61. The Bertz CT molecular complexity index is 645. The molecule has 1 unspecified atom stereocenters. The minimum Gasteiger partial charge on any atom is -0.462 e. The van der Waals surface area contributed by atoms with Crippen molar-refractivity contribution in [2.75, 3.05) is 13.9 Å². The van der Waals surface area contributed by atoms with Crippen molar-refractivity contribution in [1.82, 2.24) is 0 Å². The molecule has 0 fully saturated rings. The first-order chi connectivity index (χ1) is 10.4. The molecule has 0 spiro atoms. The van der Waals surface area contributed by atoms with Crippen LogP contribution in [-0.4, -0.2) is 13.9 Å². The Morgan fingerprint density at radius 1 is 1.00 bits per heavy atom. The Labute approximate surface area is 133 Å². The first-order valence-corrected chi connectivity index (χ1v) is 8.48. The van der Waals surface area contributed by atoms with Crippen molar-refractivity contribution in [2.24, 2.45) is 0 Å². The van der Waals surface area contributed by atoms with Gasteiger partial charge in [-0.15, -0.1) is 0 Å². The number of para-hydroxylation sites is 1. The van der Waals surface area contributed by atoms with E-state index in [9.17, 15) is 4.57 Å². The molecule has 0 radical (unpaired) electrons. The summed E-state index contributed by atoms with van der Waals surface area (Å²) >= 11 is 0. The molecule has 0 bridgehead atoms. The quantitative estimate of drug-likeness (QED) is 0.622. The second kappa shape index (κ2) is 7.04. The lowest BCUT2D eigenvalue weighted by molar-refractivity contribution is 0.0506. The number of methoxy groups -OCH3 is 1. The van der Waals surface area contributed by atoms with Crippen LogP contribution in [0.15, 0.2) is 48.5 Å². The predicted molar refractivity (Wildman–Crippen MR) is 91.0 cm³/mol. The van der Waals surface area contributed by atoms with E-state index in [4.69, 9.17) is 9.47 Å². The fourth-order valence-electron chi connectivity index (χ4n) is 2.25. The van der Waals surface area contributed by atoms with Crippen LogP contribution in [0.25, 0.3) is 0 Å². The summed E-state index contributed by atoms with van der Waals surface area (Å²) in [5.74, 6) is 0.668. The Balaban J connectivity index is 2.53. The lowest BCUT2D eigenvalue weighted by atomic mass is 9.86. The van der Waals surface area contributed by atoms with Crippen LogP contribution in [0.1, 0.15) is 26.3 Å². The molecule has 2 rings (SSSR count). The summed E-state index contributed by atoms with van der Waals surface area (Å²) in [5, 5.41) is 1.51. The van der Waals surface area contributed by atoms with Gasteiger partial charge >= 0.3 is 7.80 Å². The summed E-state index contributed by atoms with van der Waals surface area (Å²) < 4.78 is 23.8. The number of ether oxygens (including phenoxy) is 2. The van der Waals surface area contributed by atoms with Gasteiger partial charge in [0.05, 0.1) is 0 Å². The molecule has 2 aromatic carbocycles. The smallest absolute Gasteiger partial charge is 0.419 e. The van der Waals surface area contributed by atoms with Crippen LogP contribution >= 0.6 is 7.80 Å². The Kier molecular flexibility index (Phi) is 5.33. The maximum atomic E-state index is 12.9. The maximum Gasteiger partial charge on any atom is 0.419 e. The van der Waals surface area contributed by atoms with Gasteiger partial charge in [0.25, 0.3) is 0 Å².